The van der Waals surface area contributed by atoms with Crippen LogP contribution in [-0.2, 0) is 6.61 Å². The molecule has 0 saturated carbocycles. The molecule has 6 nitrogen and oxygen atoms in total. The van der Waals surface area contributed by atoms with Crippen molar-refractivity contribution in [2.24, 2.45) is 0 Å². The number of halogens is 1. The lowest BCUT2D eigenvalue weighted by Gasteiger charge is -2.10. The van der Waals surface area contributed by atoms with Crippen molar-refractivity contribution < 1.29 is 13.9 Å². The number of nitrogens with zero attached hydrogens (tertiary/aromatic N) is 1. The van der Waals surface area contributed by atoms with Crippen LogP contribution in [0.3, 0.4) is 0 Å². The number of ether oxygens (including phenoxy) is 1. The molecule has 0 aliphatic carbocycles. The Balaban J connectivity index is 1.18. The van der Waals surface area contributed by atoms with Crippen LogP contribution in [0.15, 0.2) is 101 Å². The highest BCUT2D eigenvalue weighted by atomic mass is 127. The number of amides is 1. The number of oxazole rings is 1. The lowest BCUT2D eigenvalue weighted by Crippen LogP contribution is -2.34. The standard InChI is InChI=1S/C28H20IN3O3S/c29-21-10-6-20(7-11-21)27-31-24-16-22(12-15-25(24)35-27)30-28(36)32-26(33)19-8-13-23(14-9-19)34-17-18-4-2-1-3-5-18/h1-16H,17H2,(H2,30,32,33,36). The molecule has 8 heteroatoms. The number of fused-ring (bicyclic) bond motifs is 1. The van der Waals surface area contributed by atoms with Gasteiger partial charge in [0.15, 0.2) is 10.7 Å². The molecule has 0 atom stereocenters. The second-order valence-electron chi connectivity index (χ2n) is 7.92. The minimum Gasteiger partial charge on any atom is -0.489 e. The first-order chi connectivity index (χ1) is 17.5. The van der Waals surface area contributed by atoms with Gasteiger partial charge in [0, 0.05) is 20.4 Å². The number of carbonyl (C=O) groups is 1. The smallest absolute Gasteiger partial charge is 0.257 e. The average Bonchev–Trinajstić information content (AvgIpc) is 3.32. The maximum Gasteiger partial charge on any atom is 0.257 e. The van der Waals surface area contributed by atoms with Crippen LogP contribution >= 0.6 is 34.8 Å². The number of benzene rings is 4. The van der Waals surface area contributed by atoms with Crippen LogP contribution in [0.1, 0.15) is 15.9 Å². The van der Waals surface area contributed by atoms with Crippen LogP contribution in [0, 0.1) is 3.57 Å². The first-order valence-corrected chi connectivity index (χ1v) is 12.6. The number of carbonyl (C=O) groups excluding carboxylic acids is 1. The van der Waals surface area contributed by atoms with Gasteiger partial charge in [-0.2, -0.15) is 0 Å². The second kappa shape index (κ2) is 10.9. The van der Waals surface area contributed by atoms with Crippen molar-refractivity contribution in [1.82, 2.24) is 10.3 Å². The molecule has 1 heterocycles. The summed E-state index contributed by atoms with van der Waals surface area (Å²) in [6.45, 7) is 0.461. The molecule has 0 bridgehead atoms. The van der Waals surface area contributed by atoms with E-state index in [-0.39, 0.29) is 11.0 Å². The van der Waals surface area contributed by atoms with Gasteiger partial charge in [-0.05, 0) is 107 Å². The van der Waals surface area contributed by atoms with Crippen LogP contribution < -0.4 is 15.4 Å². The van der Waals surface area contributed by atoms with Gasteiger partial charge in [0.25, 0.3) is 5.91 Å². The molecule has 36 heavy (non-hydrogen) atoms. The monoisotopic (exact) mass is 605 g/mol. The molecule has 0 fully saturated rings. The molecule has 0 aliphatic rings. The molecular weight excluding hydrogens is 585 g/mol. The maximum absolute atomic E-state index is 12.6. The summed E-state index contributed by atoms with van der Waals surface area (Å²) in [7, 11) is 0. The van der Waals surface area contributed by atoms with E-state index in [1.165, 1.54) is 0 Å². The van der Waals surface area contributed by atoms with Crippen LogP contribution in [0.5, 0.6) is 5.75 Å². The molecular formula is C28H20IN3O3S. The van der Waals surface area contributed by atoms with Gasteiger partial charge in [-0.3, -0.25) is 10.1 Å². The molecule has 0 spiro atoms. The summed E-state index contributed by atoms with van der Waals surface area (Å²) in [5.41, 5.74) is 4.50. The summed E-state index contributed by atoms with van der Waals surface area (Å²) in [5.74, 6) is 0.915. The highest BCUT2D eigenvalue weighted by Crippen LogP contribution is 2.26. The minimum atomic E-state index is -0.314. The zero-order chi connectivity index (χ0) is 24.9. The third-order valence-corrected chi connectivity index (χ3v) is 6.25. The van der Waals surface area contributed by atoms with E-state index in [0.29, 0.717) is 40.6 Å². The van der Waals surface area contributed by atoms with Gasteiger partial charge in [-0.25, -0.2) is 4.98 Å². The van der Waals surface area contributed by atoms with Crippen molar-refractivity contribution in [3.05, 3.63) is 112 Å². The summed E-state index contributed by atoms with van der Waals surface area (Å²) in [6, 6.07) is 30.2. The van der Waals surface area contributed by atoms with E-state index in [1.54, 1.807) is 24.3 Å². The zero-order valence-electron chi connectivity index (χ0n) is 18.9. The van der Waals surface area contributed by atoms with Crippen molar-refractivity contribution >= 4 is 62.6 Å². The SMILES string of the molecule is O=C(NC(=S)Nc1ccc2oc(-c3ccc(I)cc3)nc2c1)c1ccc(OCc2ccccc2)cc1. The summed E-state index contributed by atoms with van der Waals surface area (Å²) in [5, 5.41) is 5.92. The number of hydrogen-bond donors (Lipinski definition) is 2. The molecule has 0 unspecified atom stereocenters. The van der Waals surface area contributed by atoms with Crippen molar-refractivity contribution in [2.45, 2.75) is 6.61 Å². The molecule has 2 N–H and O–H groups in total. The van der Waals surface area contributed by atoms with Gasteiger partial charge < -0.3 is 14.5 Å². The van der Waals surface area contributed by atoms with E-state index >= 15 is 0 Å². The van der Waals surface area contributed by atoms with Gasteiger partial charge in [0.1, 0.15) is 17.9 Å². The molecule has 0 aliphatic heterocycles. The molecule has 1 amide bonds. The van der Waals surface area contributed by atoms with Gasteiger partial charge in [0.05, 0.1) is 0 Å². The maximum atomic E-state index is 12.6. The van der Waals surface area contributed by atoms with Crippen LogP contribution in [0.4, 0.5) is 5.69 Å². The lowest BCUT2D eigenvalue weighted by atomic mass is 10.2. The topological polar surface area (TPSA) is 76.4 Å². The van der Waals surface area contributed by atoms with Crippen LogP contribution in [-0.4, -0.2) is 16.0 Å². The normalized spacial score (nSPS) is 10.7. The van der Waals surface area contributed by atoms with E-state index in [4.69, 9.17) is 21.4 Å². The van der Waals surface area contributed by atoms with Crippen molar-refractivity contribution in [3.8, 4) is 17.2 Å². The van der Waals surface area contributed by atoms with E-state index in [0.717, 1.165) is 14.7 Å². The number of anilines is 1. The Morgan fingerprint density at radius 3 is 2.44 bits per heavy atom. The largest absolute Gasteiger partial charge is 0.489 e. The number of aromatic nitrogens is 1. The molecule has 5 rings (SSSR count). The molecule has 1 aromatic heterocycles. The summed E-state index contributed by atoms with van der Waals surface area (Å²) >= 11 is 7.59. The molecule has 5 aromatic rings. The van der Waals surface area contributed by atoms with Gasteiger partial charge in [0.2, 0.25) is 5.89 Å². The van der Waals surface area contributed by atoms with E-state index in [1.807, 2.05) is 72.8 Å². The molecule has 178 valence electrons. The Kier molecular flexibility index (Phi) is 7.24. The van der Waals surface area contributed by atoms with Crippen molar-refractivity contribution in [3.63, 3.8) is 0 Å². The lowest BCUT2D eigenvalue weighted by molar-refractivity contribution is 0.0977. The average molecular weight is 605 g/mol. The van der Waals surface area contributed by atoms with Crippen LogP contribution in [0.25, 0.3) is 22.6 Å². The summed E-state index contributed by atoms with van der Waals surface area (Å²) < 4.78 is 12.8. The summed E-state index contributed by atoms with van der Waals surface area (Å²) in [6.07, 6.45) is 0. The van der Waals surface area contributed by atoms with Crippen molar-refractivity contribution in [2.75, 3.05) is 5.32 Å². The third kappa shape index (κ3) is 5.89. The Hall–Kier alpha value is -3.76. The number of nitrogens with one attached hydrogen (secondary N) is 2. The van der Waals surface area contributed by atoms with Gasteiger partial charge in [-0.1, -0.05) is 30.3 Å². The summed E-state index contributed by atoms with van der Waals surface area (Å²) in [4.78, 5) is 17.2. The van der Waals surface area contributed by atoms with Crippen molar-refractivity contribution in [1.29, 1.82) is 0 Å². The fourth-order valence-corrected chi connectivity index (χ4v) is 4.07. The fourth-order valence-electron chi connectivity index (χ4n) is 3.50. The highest BCUT2D eigenvalue weighted by molar-refractivity contribution is 14.1. The highest BCUT2D eigenvalue weighted by Gasteiger charge is 2.11. The first-order valence-electron chi connectivity index (χ1n) is 11.1. The Morgan fingerprint density at radius 2 is 1.69 bits per heavy atom. The van der Waals surface area contributed by atoms with Crippen LogP contribution in [0.2, 0.25) is 0 Å². The van der Waals surface area contributed by atoms with Gasteiger partial charge in [-0.15, -0.1) is 0 Å². The third-order valence-electron chi connectivity index (χ3n) is 5.33. The molecule has 4 aromatic carbocycles. The molecule has 0 saturated heterocycles. The number of thiocarbonyl (C=S) groups is 1. The zero-order valence-corrected chi connectivity index (χ0v) is 21.9. The van der Waals surface area contributed by atoms with E-state index < -0.39 is 0 Å². The second-order valence-corrected chi connectivity index (χ2v) is 9.57. The fraction of sp³-hybridized carbons (Fsp3) is 0.0357. The number of hydrogen-bond acceptors (Lipinski definition) is 5. The van der Waals surface area contributed by atoms with E-state index in [9.17, 15) is 4.79 Å². The Morgan fingerprint density at radius 1 is 0.944 bits per heavy atom. The quantitative estimate of drug-likeness (QED) is 0.164. The van der Waals surface area contributed by atoms with E-state index in [2.05, 4.69) is 38.2 Å². The minimum absolute atomic E-state index is 0.185. The predicted molar refractivity (Wildman–Crippen MR) is 153 cm³/mol. The Bertz CT molecular complexity index is 1520. The predicted octanol–water partition coefficient (Wildman–Crippen LogP) is 6.81. The Labute approximate surface area is 226 Å². The molecule has 0 radical (unpaired) electrons. The first kappa shape index (κ1) is 24.0. The number of rotatable bonds is 6. The van der Waals surface area contributed by atoms with Gasteiger partial charge >= 0.3 is 0 Å².